The molecule has 0 amide bonds. The Morgan fingerprint density at radius 3 is 2.47 bits per heavy atom. The Balaban J connectivity index is 1.50. The number of nitrogens with zero attached hydrogens (tertiary/aromatic N) is 2. The third-order valence-electron chi connectivity index (χ3n) is 5.39. The van der Waals surface area contributed by atoms with Crippen molar-refractivity contribution < 1.29 is 23.7 Å². The fourth-order valence-corrected chi connectivity index (χ4v) is 3.83. The molecule has 30 heavy (non-hydrogen) atoms. The molecule has 0 atom stereocenters. The molecule has 3 heterocycles. The monoisotopic (exact) mass is 417 g/mol. The summed E-state index contributed by atoms with van der Waals surface area (Å²) in [6.07, 6.45) is 0.0342. The standard InChI is InChI=1S/C22H31N3O5/c1-16(2)30-21-14-17(25-6-10-28-11-7-25)13-19-18(21)15-20(23-19)22(26)29-12-5-24-3-8-27-9-4-24/h13-16,23H,3-12H2,1-2H3. The van der Waals surface area contributed by atoms with Crippen LogP contribution in [0.15, 0.2) is 18.2 Å². The molecule has 4 rings (SSSR count). The molecule has 2 aliphatic heterocycles. The minimum atomic E-state index is -0.345. The number of carbonyl (C=O) groups is 1. The highest BCUT2D eigenvalue weighted by Gasteiger charge is 2.19. The maximum absolute atomic E-state index is 12.6. The zero-order chi connectivity index (χ0) is 20.9. The molecule has 2 fully saturated rings. The van der Waals surface area contributed by atoms with Gasteiger partial charge in [0.15, 0.2) is 0 Å². The number of H-pyrrole nitrogens is 1. The minimum Gasteiger partial charge on any atom is -0.490 e. The molecule has 0 saturated carbocycles. The van der Waals surface area contributed by atoms with E-state index in [2.05, 4.69) is 26.9 Å². The average Bonchev–Trinajstić information content (AvgIpc) is 3.19. The van der Waals surface area contributed by atoms with Crippen LogP contribution in [0.25, 0.3) is 10.9 Å². The lowest BCUT2D eigenvalue weighted by molar-refractivity contribution is 0.0193. The Morgan fingerprint density at radius 1 is 1.07 bits per heavy atom. The van der Waals surface area contributed by atoms with E-state index in [1.165, 1.54) is 0 Å². The summed E-state index contributed by atoms with van der Waals surface area (Å²) in [5, 5.41) is 0.890. The minimum absolute atomic E-state index is 0.0342. The van der Waals surface area contributed by atoms with Crippen LogP contribution in [0.2, 0.25) is 0 Å². The van der Waals surface area contributed by atoms with Crippen molar-refractivity contribution in [3.05, 3.63) is 23.9 Å². The van der Waals surface area contributed by atoms with Gasteiger partial charge in [0, 0.05) is 49.9 Å². The fourth-order valence-electron chi connectivity index (χ4n) is 3.83. The van der Waals surface area contributed by atoms with E-state index in [0.29, 0.717) is 25.5 Å². The summed E-state index contributed by atoms with van der Waals surface area (Å²) < 4.78 is 22.4. The lowest BCUT2D eigenvalue weighted by Crippen LogP contribution is -2.38. The van der Waals surface area contributed by atoms with Gasteiger partial charge in [-0.2, -0.15) is 0 Å². The number of rotatable bonds is 7. The van der Waals surface area contributed by atoms with Crippen molar-refractivity contribution in [3.63, 3.8) is 0 Å². The Kier molecular flexibility index (Phi) is 6.76. The van der Waals surface area contributed by atoms with Gasteiger partial charge in [-0.25, -0.2) is 4.79 Å². The molecular weight excluding hydrogens is 386 g/mol. The Labute approximate surface area is 177 Å². The molecule has 1 N–H and O–H groups in total. The van der Waals surface area contributed by atoms with Crippen molar-refractivity contribution in [2.45, 2.75) is 20.0 Å². The number of ether oxygens (including phenoxy) is 4. The van der Waals surface area contributed by atoms with E-state index in [1.807, 2.05) is 19.9 Å². The second kappa shape index (κ2) is 9.68. The van der Waals surface area contributed by atoms with Crippen molar-refractivity contribution in [1.82, 2.24) is 9.88 Å². The fraction of sp³-hybridized carbons (Fsp3) is 0.591. The van der Waals surface area contributed by atoms with Crippen LogP contribution < -0.4 is 9.64 Å². The summed E-state index contributed by atoms with van der Waals surface area (Å²) in [7, 11) is 0. The van der Waals surface area contributed by atoms with Crippen molar-refractivity contribution in [2.24, 2.45) is 0 Å². The Bertz CT molecular complexity index is 854. The molecule has 8 nitrogen and oxygen atoms in total. The number of fused-ring (bicyclic) bond motifs is 1. The van der Waals surface area contributed by atoms with E-state index in [9.17, 15) is 4.79 Å². The smallest absolute Gasteiger partial charge is 0.354 e. The molecule has 2 aliphatic rings. The molecule has 1 aromatic heterocycles. The van der Waals surface area contributed by atoms with Crippen LogP contribution in [0.1, 0.15) is 24.3 Å². The average molecular weight is 418 g/mol. The predicted octanol–water partition coefficient (Wildman–Crippen LogP) is 2.28. The van der Waals surface area contributed by atoms with Gasteiger partial charge in [0.1, 0.15) is 18.1 Å². The Hall–Kier alpha value is -2.29. The number of morpholine rings is 2. The highest BCUT2D eigenvalue weighted by Crippen LogP contribution is 2.33. The van der Waals surface area contributed by atoms with Crippen LogP contribution in [0, 0.1) is 0 Å². The summed E-state index contributed by atoms with van der Waals surface area (Å²) in [5.74, 6) is 0.426. The van der Waals surface area contributed by atoms with Gasteiger partial charge in [0.05, 0.1) is 38.0 Å². The second-order valence-corrected chi connectivity index (χ2v) is 7.94. The van der Waals surface area contributed by atoms with Crippen LogP contribution >= 0.6 is 0 Å². The molecular formula is C22H31N3O5. The molecule has 164 valence electrons. The lowest BCUT2D eigenvalue weighted by Gasteiger charge is -2.29. The van der Waals surface area contributed by atoms with Crippen LogP contribution in [0.4, 0.5) is 5.69 Å². The third-order valence-corrected chi connectivity index (χ3v) is 5.39. The van der Waals surface area contributed by atoms with Crippen LogP contribution in [-0.2, 0) is 14.2 Å². The maximum atomic E-state index is 12.6. The zero-order valence-corrected chi connectivity index (χ0v) is 17.8. The number of aromatic nitrogens is 1. The maximum Gasteiger partial charge on any atom is 0.354 e. The van der Waals surface area contributed by atoms with E-state index < -0.39 is 0 Å². The summed E-state index contributed by atoms with van der Waals surface area (Å²) in [4.78, 5) is 20.4. The van der Waals surface area contributed by atoms with Gasteiger partial charge in [0.2, 0.25) is 0 Å². The van der Waals surface area contributed by atoms with Crippen LogP contribution in [0.3, 0.4) is 0 Å². The lowest BCUT2D eigenvalue weighted by atomic mass is 10.2. The summed E-state index contributed by atoms with van der Waals surface area (Å²) in [6.45, 7) is 11.4. The highest BCUT2D eigenvalue weighted by atomic mass is 16.5. The number of carbonyl (C=O) groups excluding carboxylic acids is 1. The molecule has 0 bridgehead atoms. The number of esters is 1. The number of benzene rings is 1. The molecule has 0 radical (unpaired) electrons. The first-order chi connectivity index (χ1) is 14.6. The van der Waals surface area contributed by atoms with E-state index in [4.69, 9.17) is 18.9 Å². The Morgan fingerprint density at radius 2 is 1.77 bits per heavy atom. The number of nitrogens with one attached hydrogen (secondary N) is 1. The number of hydrogen-bond donors (Lipinski definition) is 1. The number of anilines is 1. The molecule has 0 aliphatic carbocycles. The SMILES string of the molecule is CC(C)Oc1cc(N2CCOCC2)cc2[nH]c(C(=O)OCCN3CCOCC3)cc12. The van der Waals surface area contributed by atoms with Crippen molar-refractivity contribution in [3.8, 4) is 5.75 Å². The van der Waals surface area contributed by atoms with E-state index in [0.717, 1.165) is 68.3 Å². The number of aromatic amines is 1. The molecule has 1 aromatic carbocycles. The van der Waals surface area contributed by atoms with E-state index in [1.54, 1.807) is 0 Å². The normalized spacial score (nSPS) is 18.2. The van der Waals surface area contributed by atoms with Crippen LogP contribution in [0.5, 0.6) is 5.75 Å². The largest absolute Gasteiger partial charge is 0.490 e. The first kappa shape index (κ1) is 21.0. The molecule has 2 saturated heterocycles. The van der Waals surface area contributed by atoms with Crippen molar-refractivity contribution >= 4 is 22.6 Å². The molecule has 2 aromatic rings. The van der Waals surface area contributed by atoms with Crippen molar-refractivity contribution in [2.75, 3.05) is 70.7 Å². The summed E-state index contributed by atoms with van der Waals surface area (Å²) >= 11 is 0. The summed E-state index contributed by atoms with van der Waals surface area (Å²) in [5.41, 5.74) is 2.38. The van der Waals surface area contributed by atoms with Gasteiger partial charge in [-0.05, 0) is 26.0 Å². The first-order valence-electron chi connectivity index (χ1n) is 10.7. The number of hydrogen-bond acceptors (Lipinski definition) is 7. The van der Waals surface area contributed by atoms with Gasteiger partial charge < -0.3 is 28.8 Å². The molecule has 0 unspecified atom stereocenters. The summed E-state index contributed by atoms with van der Waals surface area (Å²) in [6, 6.07) is 5.95. The van der Waals surface area contributed by atoms with E-state index in [-0.39, 0.29) is 12.1 Å². The van der Waals surface area contributed by atoms with Crippen LogP contribution in [-0.4, -0.2) is 87.7 Å². The quantitative estimate of drug-likeness (QED) is 0.693. The predicted molar refractivity (Wildman–Crippen MR) is 115 cm³/mol. The zero-order valence-electron chi connectivity index (χ0n) is 17.8. The van der Waals surface area contributed by atoms with Gasteiger partial charge in [-0.1, -0.05) is 0 Å². The molecule has 8 heteroatoms. The third kappa shape index (κ3) is 5.06. The highest BCUT2D eigenvalue weighted by molar-refractivity contribution is 5.98. The van der Waals surface area contributed by atoms with E-state index >= 15 is 0 Å². The van der Waals surface area contributed by atoms with Gasteiger partial charge in [-0.15, -0.1) is 0 Å². The van der Waals surface area contributed by atoms with Crippen molar-refractivity contribution in [1.29, 1.82) is 0 Å². The topological polar surface area (TPSA) is 76.3 Å². The first-order valence-corrected chi connectivity index (χ1v) is 10.7. The van der Waals surface area contributed by atoms with Gasteiger partial charge >= 0.3 is 5.97 Å². The molecule has 0 spiro atoms. The van der Waals surface area contributed by atoms with Gasteiger partial charge in [-0.3, -0.25) is 4.90 Å². The van der Waals surface area contributed by atoms with Gasteiger partial charge in [0.25, 0.3) is 0 Å². The second-order valence-electron chi connectivity index (χ2n) is 7.94.